The van der Waals surface area contributed by atoms with Crippen molar-refractivity contribution in [2.45, 2.75) is 26.4 Å². The first-order chi connectivity index (χ1) is 8.08. The molecule has 1 atom stereocenters. The van der Waals surface area contributed by atoms with E-state index in [9.17, 15) is 5.11 Å². The highest BCUT2D eigenvalue weighted by atomic mass is 16.3. The summed E-state index contributed by atoms with van der Waals surface area (Å²) in [7, 11) is 1.89. The van der Waals surface area contributed by atoms with Gasteiger partial charge >= 0.3 is 0 Å². The molecule has 17 heavy (non-hydrogen) atoms. The zero-order valence-corrected chi connectivity index (χ0v) is 10.5. The van der Waals surface area contributed by atoms with Gasteiger partial charge in [0.15, 0.2) is 0 Å². The molecule has 0 spiro atoms. The van der Waals surface area contributed by atoms with Crippen molar-refractivity contribution in [3.8, 4) is 0 Å². The van der Waals surface area contributed by atoms with Gasteiger partial charge in [0.25, 0.3) is 0 Å². The Hall–Kier alpha value is -1.61. The topological polar surface area (TPSA) is 38.1 Å². The fourth-order valence-electron chi connectivity index (χ4n) is 2.02. The molecule has 2 rings (SSSR count). The van der Waals surface area contributed by atoms with E-state index < -0.39 is 6.10 Å². The number of nitrogens with zero attached hydrogens (tertiary/aromatic N) is 2. The molecule has 0 aliphatic heterocycles. The first-order valence-electron chi connectivity index (χ1n) is 5.80. The van der Waals surface area contributed by atoms with E-state index in [1.165, 1.54) is 5.56 Å². The quantitative estimate of drug-likeness (QED) is 0.878. The molecule has 1 aromatic heterocycles. The number of aliphatic hydroxyl groups excluding tert-OH is 1. The molecule has 2 aromatic rings. The Morgan fingerprint density at radius 1 is 1.35 bits per heavy atom. The van der Waals surface area contributed by atoms with Crippen LogP contribution in [0.4, 0.5) is 0 Å². The van der Waals surface area contributed by atoms with Crippen LogP contribution in [-0.4, -0.2) is 14.9 Å². The number of rotatable bonds is 3. The number of aliphatic hydroxyl groups is 1. The maximum Gasteiger partial charge on any atom is 0.0863 e. The molecule has 0 amide bonds. The van der Waals surface area contributed by atoms with Gasteiger partial charge in [0.1, 0.15) is 0 Å². The Morgan fingerprint density at radius 2 is 2.12 bits per heavy atom. The standard InChI is InChI=1S/C14H18N2O/c1-10-5-4-6-12(7-10)8-14(17)13-9-15-16(3)11(13)2/h4-7,9,14,17H,8H2,1-3H3. The van der Waals surface area contributed by atoms with E-state index in [-0.39, 0.29) is 0 Å². The molecule has 90 valence electrons. The van der Waals surface area contributed by atoms with Gasteiger partial charge in [-0.2, -0.15) is 5.10 Å². The maximum absolute atomic E-state index is 10.2. The van der Waals surface area contributed by atoms with Crippen LogP contribution in [0.1, 0.15) is 28.5 Å². The predicted molar refractivity (Wildman–Crippen MR) is 67.8 cm³/mol. The lowest BCUT2D eigenvalue weighted by atomic mass is 10.0. The molecular formula is C14H18N2O. The van der Waals surface area contributed by atoms with Crippen molar-refractivity contribution in [1.29, 1.82) is 0 Å². The minimum atomic E-state index is -0.481. The molecule has 0 saturated heterocycles. The number of hydrogen-bond donors (Lipinski definition) is 1. The number of benzene rings is 1. The Kier molecular flexibility index (Phi) is 3.29. The van der Waals surface area contributed by atoms with Crippen LogP contribution in [0.3, 0.4) is 0 Å². The van der Waals surface area contributed by atoms with Crippen LogP contribution in [0.15, 0.2) is 30.5 Å². The fraction of sp³-hybridized carbons (Fsp3) is 0.357. The van der Waals surface area contributed by atoms with Gasteiger partial charge in [-0.3, -0.25) is 4.68 Å². The third-order valence-electron chi connectivity index (χ3n) is 3.14. The van der Waals surface area contributed by atoms with Gasteiger partial charge in [-0.1, -0.05) is 29.8 Å². The van der Waals surface area contributed by atoms with Crippen LogP contribution in [-0.2, 0) is 13.5 Å². The van der Waals surface area contributed by atoms with Crippen molar-refractivity contribution in [3.05, 3.63) is 52.8 Å². The summed E-state index contributed by atoms with van der Waals surface area (Å²) in [6.07, 6.45) is 1.90. The van der Waals surface area contributed by atoms with E-state index in [0.29, 0.717) is 6.42 Å². The minimum Gasteiger partial charge on any atom is -0.388 e. The molecule has 0 fully saturated rings. The average molecular weight is 230 g/mol. The van der Waals surface area contributed by atoms with Crippen LogP contribution in [0.2, 0.25) is 0 Å². The summed E-state index contributed by atoms with van der Waals surface area (Å²) in [4.78, 5) is 0. The van der Waals surface area contributed by atoms with Crippen LogP contribution >= 0.6 is 0 Å². The highest BCUT2D eigenvalue weighted by Gasteiger charge is 2.14. The lowest BCUT2D eigenvalue weighted by Crippen LogP contribution is -2.04. The van der Waals surface area contributed by atoms with Crippen molar-refractivity contribution in [3.63, 3.8) is 0 Å². The Labute approximate surface area is 102 Å². The summed E-state index contributed by atoms with van der Waals surface area (Å²) in [6.45, 7) is 4.03. The monoisotopic (exact) mass is 230 g/mol. The van der Waals surface area contributed by atoms with Gasteiger partial charge in [0, 0.05) is 24.7 Å². The summed E-state index contributed by atoms with van der Waals surface area (Å²) in [5.41, 5.74) is 4.30. The van der Waals surface area contributed by atoms with Crippen molar-refractivity contribution < 1.29 is 5.11 Å². The second kappa shape index (κ2) is 4.72. The third-order valence-corrected chi connectivity index (χ3v) is 3.14. The molecule has 0 aliphatic rings. The largest absolute Gasteiger partial charge is 0.388 e. The van der Waals surface area contributed by atoms with E-state index in [1.807, 2.05) is 26.1 Å². The van der Waals surface area contributed by atoms with Crippen molar-refractivity contribution in [2.75, 3.05) is 0 Å². The Bertz CT molecular complexity index is 517. The number of aryl methyl sites for hydroxylation is 2. The van der Waals surface area contributed by atoms with Crippen LogP contribution in [0.5, 0.6) is 0 Å². The molecule has 1 heterocycles. The zero-order chi connectivity index (χ0) is 12.4. The molecule has 1 unspecified atom stereocenters. The van der Waals surface area contributed by atoms with Crippen LogP contribution < -0.4 is 0 Å². The van der Waals surface area contributed by atoms with Gasteiger partial charge in [-0.25, -0.2) is 0 Å². The smallest absolute Gasteiger partial charge is 0.0863 e. The molecule has 1 N–H and O–H groups in total. The second-order valence-corrected chi connectivity index (χ2v) is 4.52. The van der Waals surface area contributed by atoms with Gasteiger partial charge in [0.05, 0.1) is 12.3 Å². The normalized spacial score (nSPS) is 12.7. The van der Waals surface area contributed by atoms with Crippen LogP contribution in [0.25, 0.3) is 0 Å². The summed E-state index contributed by atoms with van der Waals surface area (Å²) in [6, 6.07) is 8.23. The van der Waals surface area contributed by atoms with Crippen molar-refractivity contribution in [1.82, 2.24) is 9.78 Å². The van der Waals surface area contributed by atoms with E-state index in [1.54, 1.807) is 10.9 Å². The Balaban J connectivity index is 2.17. The van der Waals surface area contributed by atoms with Gasteiger partial charge < -0.3 is 5.11 Å². The number of hydrogen-bond acceptors (Lipinski definition) is 2. The van der Waals surface area contributed by atoms with Crippen molar-refractivity contribution in [2.24, 2.45) is 7.05 Å². The molecule has 0 saturated carbocycles. The highest BCUT2D eigenvalue weighted by Crippen LogP contribution is 2.21. The lowest BCUT2D eigenvalue weighted by Gasteiger charge is -2.10. The van der Waals surface area contributed by atoms with Crippen LogP contribution in [0, 0.1) is 13.8 Å². The molecular weight excluding hydrogens is 212 g/mol. The lowest BCUT2D eigenvalue weighted by molar-refractivity contribution is 0.177. The molecule has 0 radical (unpaired) electrons. The summed E-state index contributed by atoms with van der Waals surface area (Å²) in [5, 5.41) is 14.4. The molecule has 3 nitrogen and oxygen atoms in total. The summed E-state index contributed by atoms with van der Waals surface area (Å²) >= 11 is 0. The maximum atomic E-state index is 10.2. The minimum absolute atomic E-state index is 0.481. The molecule has 0 bridgehead atoms. The van der Waals surface area contributed by atoms with Gasteiger partial charge in [0.2, 0.25) is 0 Å². The first kappa shape index (κ1) is 11.9. The molecule has 3 heteroatoms. The van der Waals surface area contributed by atoms with E-state index in [2.05, 4.69) is 24.2 Å². The Morgan fingerprint density at radius 3 is 2.71 bits per heavy atom. The van der Waals surface area contributed by atoms with Crippen molar-refractivity contribution >= 4 is 0 Å². The summed E-state index contributed by atoms with van der Waals surface area (Å²) < 4.78 is 1.79. The third kappa shape index (κ3) is 2.56. The second-order valence-electron chi connectivity index (χ2n) is 4.52. The average Bonchev–Trinajstić information content (AvgIpc) is 2.60. The first-order valence-corrected chi connectivity index (χ1v) is 5.80. The highest BCUT2D eigenvalue weighted by molar-refractivity contribution is 5.26. The predicted octanol–water partition coefficient (Wildman–Crippen LogP) is 2.31. The molecule has 1 aromatic carbocycles. The fourth-order valence-corrected chi connectivity index (χ4v) is 2.02. The summed E-state index contributed by atoms with van der Waals surface area (Å²) in [5.74, 6) is 0. The van der Waals surface area contributed by atoms with Gasteiger partial charge in [-0.15, -0.1) is 0 Å². The van der Waals surface area contributed by atoms with E-state index in [0.717, 1.165) is 16.8 Å². The SMILES string of the molecule is Cc1cccc(CC(O)c2cnn(C)c2C)c1. The zero-order valence-electron chi connectivity index (χ0n) is 10.5. The number of aromatic nitrogens is 2. The molecule has 0 aliphatic carbocycles. The van der Waals surface area contributed by atoms with Gasteiger partial charge in [-0.05, 0) is 19.4 Å². The van der Waals surface area contributed by atoms with E-state index in [4.69, 9.17) is 0 Å². The van der Waals surface area contributed by atoms with E-state index >= 15 is 0 Å².